The van der Waals surface area contributed by atoms with Crippen molar-refractivity contribution < 1.29 is 4.79 Å². The van der Waals surface area contributed by atoms with Crippen LogP contribution >= 0.6 is 11.8 Å². The highest BCUT2D eigenvalue weighted by Gasteiger charge is 2.35. The van der Waals surface area contributed by atoms with Crippen molar-refractivity contribution in [3.8, 4) is 0 Å². The number of amides is 1. The number of carbonyl (C=O) groups is 1. The van der Waals surface area contributed by atoms with Gasteiger partial charge in [0.1, 0.15) is 5.25 Å². The topological polar surface area (TPSA) is 99.2 Å². The first kappa shape index (κ1) is 23.7. The number of unbranched alkanes of at least 4 members (excludes halogenated alkanes) is 2. The Hall–Kier alpha value is -2.45. The molecule has 8 heteroatoms. The number of carbonyl (C=O) groups excluding carboxylic acids is 1. The van der Waals surface area contributed by atoms with Crippen molar-refractivity contribution in [2.24, 2.45) is 5.73 Å². The molecule has 1 fully saturated rings. The van der Waals surface area contributed by atoms with Crippen LogP contribution < -0.4 is 10.6 Å². The van der Waals surface area contributed by atoms with Gasteiger partial charge in [0.25, 0.3) is 0 Å². The number of piperidine rings is 1. The van der Waals surface area contributed by atoms with Gasteiger partial charge in [-0.05, 0) is 64.3 Å². The zero-order valence-electron chi connectivity index (χ0n) is 19.5. The van der Waals surface area contributed by atoms with Crippen molar-refractivity contribution in [3.63, 3.8) is 0 Å². The third-order valence-electron chi connectivity index (χ3n) is 6.75. The average molecular weight is 467 g/mol. The summed E-state index contributed by atoms with van der Waals surface area (Å²) in [5.41, 5.74) is 7.14. The third kappa shape index (κ3) is 5.38. The quantitative estimate of drug-likeness (QED) is 0.340. The SMILES string of the molecule is C[C@@H]1CCC[C@H](C)N1CCCCCN1C(=O)C(c2ccnc(C(=N)N)n2)Sc2ccccc21. The zero-order valence-corrected chi connectivity index (χ0v) is 20.4. The molecule has 0 spiro atoms. The number of rotatable bonds is 8. The molecule has 1 aromatic carbocycles. The van der Waals surface area contributed by atoms with Crippen molar-refractivity contribution in [2.45, 2.75) is 74.6 Å². The van der Waals surface area contributed by atoms with Crippen molar-refractivity contribution >= 4 is 29.2 Å². The van der Waals surface area contributed by atoms with Gasteiger partial charge < -0.3 is 10.6 Å². The molecule has 0 radical (unpaired) electrons. The Kier molecular flexibility index (Phi) is 7.65. The predicted octanol–water partition coefficient (Wildman–Crippen LogP) is 4.37. The standard InChI is InChI=1S/C25H34N6OS/c1-17-9-8-10-18(2)30(17)15-6-3-7-16-31-20-11-4-5-12-21(20)33-22(25(31)32)19-13-14-28-24(29-19)23(26)27/h4-5,11-14,17-18,22H,3,6-10,15-16H2,1-2H3,(H3,26,27)/t17-,18+,22?. The molecule has 1 unspecified atom stereocenters. The lowest BCUT2D eigenvalue weighted by Gasteiger charge is -2.39. The lowest BCUT2D eigenvalue weighted by molar-refractivity contribution is -0.118. The molecule has 2 aromatic rings. The van der Waals surface area contributed by atoms with Crippen LogP contribution in [0.25, 0.3) is 0 Å². The number of nitrogens with two attached hydrogens (primary N) is 1. The van der Waals surface area contributed by atoms with Crippen LogP contribution in [-0.2, 0) is 4.79 Å². The molecule has 0 aliphatic carbocycles. The first-order valence-electron chi connectivity index (χ1n) is 12.0. The molecule has 0 bridgehead atoms. The van der Waals surface area contributed by atoms with E-state index in [2.05, 4.69) is 34.8 Å². The van der Waals surface area contributed by atoms with Gasteiger partial charge in [0.15, 0.2) is 11.7 Å². The number of hydrogen-bond acceptors (Lipinski definition) is 6. The maximum atomic E-state index is 13.5. The van der Waals surface area contributed by atoms with Gasteiger partial charge >= 0.3 is 0 Å². The molecular formula is C25H34N6OS. The van der Waals surface area contributed by atoms with Crippen LogP contribution in [0.4, 0.5) is 5.69 Å². The second-order valence-electron chi connectivity index (χ2n) is 9.10. The van der Waals surface area contributed by atoms with E-state index in [0.717, 1.165) is 36.4 Å². The number of fused-ring (bicyclic) bond motifs is 1. The summed E-state index contributed by atoms with van der Waals surface area (Å²) in [5.74, 6) is -0.00244. The Bertz CT molecular complexity index is 988. The zero-order chi connectivity index (χ0) is 23.4. The summed E-state index contributed by atoms with van der Waals surface area (Å²) < 4.78 is 0. The highest BCUT2D eigenvalue weighted by Crippen LogP contribution is 2.46. The molecule has 1 saturated heterocycles. The fourth-order valence-electron chi connectivity index (χ4n) is 4.94. The second kappa shape index (κ2) is 10.7. The molecular weight excluding hydrogens is 432 g/mol. The van der Waals surface area contributed by atoms with E-state index in [1.807, 2.05) is 23.1 Å². The fourth-order valence-corrected chi connectivity index (χ4v) is 6.13. The highest BCUT2D eigenvalue weighted by molar-refractivity contribution is 8.00. The van der Waals surface area contributed by atoms with E-state index in [4.69, 9.17) is 11.1 Å². The Labute approximate surface area is 200 Å². The summed E-state index contributed by atoms with van der Waals surface area (Å²) in [5, 5.41) is 7.17. The van der Waals surface area contributed by atoms with Crippen molar-refractivity contribution in [2.75, 3.05) is 18.0 Å². The summed E-state index contributed by atoms with van der Waals surface area (Å²) in [4.78, 5) is 27.6. The first-order valence-corrected chi connectivity index (χ1v) is 12.8. The normalized spacial score (nSPS) is 23.4. The number of benzene rings is 1. The summed E-state index contributed by atoms with van der Waals surface area (Å²) in [6.45, 7) is 6.53. The van der Waals surface area contributed by atoms with Crippen LogP contribution in [0.3, 0.4) is 0 Å². The molecule has 3 atom stereocenters. The van der Waals surface area contributed by atoms with E-state index in [1.54, 1.807) is 12.3 Å². The number of amidine groups is 1. The van der Waals surface area contributed by atoms with E-state index in [0.29, 0.717) is 24.3 Å². The van der Waals surface area contributed by atoms with Crippen LogP contribution in [0.5, 0.6) is 0 Å². The lowest BCUT2D eigenvalue weighted by atomic mass is 9.97. The van der Waals surface area contributed by atoms with Crippen LogP contribution in [0.1, 0.15) is 69.1 Å². The largest absolute Gasteiger partial charge is 0.381 e. The summed E-state index contributed by atoms with van der Waals surface area (Å²) in [6, 6.07) is 11.2. The van der Waals surface area contributed by atoms with E-state index < -0.39 is 5.25 Å². The molecule has 0 saturated carbocycles. The molecule has 2 aliphatic rings. The number of nitrogens with zero attached hydrogens (tertiary/aromatic N) is 4. The molecule has 3 N–H and O–H groups in total. The third-order valence-corrected chi connectivity index (χ3v) is 8.03. The van der Waals surface area contributed by atoms with Gasteiger partial charge in [0, 0.05) is 29.7 Å². The molecule has 33 heavy (non-hydrogen) atoms. The summed E-state index contributed by atoms with van der Waals surface area (Å²) in [6.07, 6.45) is 8.74. The monoisotopic (exact) mass is 466 g/mol. The Morgan fingerprint density at radius 1 is 1.12 bits per heavy atom. The van der Waals surface area contributed by atoms with Gasteiger partial charge in [-0.15, -0.1) is 11.8 Å². The highest BCUT2D eigenvalue weighted by atomic mass is 32.2. The number of aromatic nitrogens is 2. The fraction of sp³-hybridized carbons (Fsp3) is 0.520. The number of nitrogen functional groups attached to an aromatic ring is 1. The Morgan fingerprint density at radius 3 is 2.61 bits per heavy atom. The van der Waals surface area contributed by atoms with E-state index >= 15 is 0 Å². The van der Waals surface area contributed by atoms with Gasteiger partial charge in [-0.25, -0.2) is 9.97 Å². The maximum Gasteiger partial charge on any atom is 0.246 e. The minimum Gasteiger partial charge on any atom is -0.381 e. The number of thioether (sulfide) groups is 1. The Morgan fingerprint density at radius 2 is 1.85 bits per heavy atom. The molecule has 7 nitrogen and oxygen atoms in total. The number of anilines is 1. The van der Waals surface area contributed by atoms with E-state index in [1.165, 1.54) is 31.0 Å². The van der Waals surface area contributed by atoms with Crippen molar-refractivity contribution in [3.05, 3.63) is 48.0 Å². The number of para-hydroxylation sites is 1. The molecule has 4 rings (SSSR count). The van der Waals surface area contributed by atoms with Gasteiger partial charge in [-0.1, -0.05) is 25.0 Å². The van der Waals surface area contributed by atoms with Crippen LogP contribution in [0.15, 0.2) is 41.4 Å². The average Bonchev–Trinajstić information content (AvgIpc) is 2.81. The lowest BCUT2D eigenvalue weighted by Crippen LogP contribution is -2.44. The van der Waals surface area contributed by atoms with E-state index in [9.17, 15) is 4.79 Å². The second-order valence-corrected chi connectivity index (χ2v) is 10.2. The number of nitrogens with one attached hydrogen (secondary N) is 1. The molecule has 1 amide bonds. The maximum absolute atomic E-state index is 13.5. The van der Waals surface area contributed by atoms with Crippen molar-refractivity contribution in [1.82, 2.24) is 14.9 Å². The van der Waals surface area contributed by atoms with Crippen LogP contribution in [-0.4, -0.2) is 51.8 Å². The smallest absolute Gasteiger partial charge is 0.246 e. The summed E-state index contributed by atoms with van der Waals surface area (Å²) >= 11 is 1.51. The first-order chi connectivity index (χ1) is 16.0. The predicted molar refractivity (Wildman–Crippen MR) is 134 cm³/mol. The molecule has 3 heterocycles. The van der Waals surface area contributed by atoms with Crippen LogP contribution in [0.2, 0.25) is 0 Å². The number of hydrogen-bond donors (Lipinski definition) is 2. The van der Waals surface area contributed by atoms with Crippen LogP contribution in [0, 0.1) is 5.41 Å². The Balaban J connectivity index is 1.42. The minimum absolute atomic E-state index is 0.0326. The van der Waals surface area contributed by atoms with Gasteiger partial charge in [0.05, 0.1) is 11.4 Å². The molecule has 2 aliphatic heterocycles. The summed E-state index contributed by atoms with van der Waals surface area (Å²) in [7, 11) is 0. The minimum atomic E-state index is -0.462. The van der Waals surface area contributed by atoms with Gasteiger partial charge in [-0.3, -0.25) is 15.1 Å². The van der Waals surface area contributed by atoms with Gasteiger partial charge in [0.2, 0.25) is 5.91 Å². The number of likely N-dealkylation sites (tertiary alicyclic amines) is 1. The molecule has 1 aromatic heterocycles. The van der Waals surface area contributed by atoms with Crippen molar-refractivity contribution in [1.29, 1.82) is 5.41 Å². The molecule has 176 valence electrons. The van der Waals surface area contributed by atoms with E-state index in [-0.39, 0.29) is 17.6 Å². The van der Waals surface area contributed by atoms with Gasteiger partial charge in [-0.2, -0.15) is 0 Å².